The number of hydrogen-bond donors (Lipinski definition) is 0. The number of rotatable bonds is 46. The highest BCUT2D eigenvalue weighted by Gasteiger charge is 2.19. The lowest BCUT2D eigenvalue weighted by atomic mass is 10.0. The minimum absolute atomic E-state index is 0.0962. The summed E-state index contributed by atoms with van der Waals surface area (Å²) in [5, 5.41) is 0. The van der Waals surface area contributed by atoms with Crippen molar-refractivity contribution >= 4 is 17.9 Å². The minimum Gasteiger partial charge on any atom is -0.462 e. The third kappa shape index (κ3) is 47.9. The van der Waals surface area contributed by atoms with Crippen LogP contribution in [0.2, 0.25) is 0 Å². The zero-order chi connectivity index (χ0) is 45.1. The first kappa shape index (κ1) is 58.9. The molecule has 0 aromatic rings. The van der Waals surface area contributed by atoms with Crippen LogP contribution in [-0.2, 0) is 28.6 Å². The smallest absolute Gasteiger partial charge is 0.306 e. The van der Waals surface area contributed by atoms with Crippen LogP contribution in [0.3, 0.4) is 0 Å². The van der Waals surface area contributed by atoms with E-state index in [0.29, 0.717) is 19.3 Å². The summed E-state index contributed by atoms with van der Waals surface area (Å²) in [4.78, 5) is 37.9. The molecule has 62 heavy (non-hydrogen) atoms. The molecule has 0 N–H and O–H groups in total. The van der Waals surface area contributed by atoms with E-state index in [0.717, 1.165) is 96.3 Å². The molecule has 0 heterocycles. The van der Waals surface area contributed by atoms with Crippen LogP contribution in [0, 0.1) is 0 Å². The molecular weight excluding hydrogens is 769 g/mol. The topological polar surface area (TPSA) is 78.9 Å². The highest BCUT2D eigenvalue weighted by molar-refractivity contribution is 5.71. The monoisotopic (exact) mass is 865 g/mol. The van der Waals surface area contributed by atoms with Gasteiger partial charge in [0, 0.05) is 19.3 Å². The molecule has 0 amide bonds. The number of carbonyl (C=O) groups is 3. The molecule has 6 heteroatoms. The van der Waals surface area contributed by atoms with Gasteiger partial charge in [-0.15, -0.1) is 0 Å². The molecule has 1 unspecified atom stereocenters. The number of esters is 3. The van der Waals surface area contributed by atoms with Crippen molar-refractivity contribution < 1.29 is 28.6 Å². The zero-order valence-corrected chi connectivity index (χ0v) is 40.6. The molecule has 0 radical (unpaired) electrons. The minimum atomic E-state index is -0.798. The van der Waals surface area contributed by atoms with Gasteiger partial charge < -0.3 is 14.2 Å². The van der Waals surface area contributed by atoms with Gasteiger partial charge >= 0.3 is 17.9 Å². The SMILES string of the molecule is CC/C=C\C/C=C\C/C=C\C/C=C\C/C=C\CCCC(=O)OCC(COC(=O)CCCCCCC/C=C\CCC)OC(=O)CCCCCCCCCCCCCCCCCCC. The summed E-state index contributed by atoms with van der Waals surface area (Å²) in [6, 6.07) is 0. The Morgan fingerprint density at radius 3 is 1.13 bits per heavy atom. The Balaban J connectivity index is 4.42. The summed E-state index contributed by atoms with van der Waals surface area (Å²) in [6.45, 7) is 6.41. The van der Waals surface area contributed by atoms with Crippen molar-refractivity contribution in [2.24, 2.45) is 0 Å². The lowest BCUT2D eigenvalue weighted by Crippen LogP contribution is -2.30. The maximum atomic E-state index is 12.8. The lowest BCUT2D eigenvalue weighted by molar-refractivity contribution is -0.167. The van der Waals surface area contributed by atoms with Crippen LogP contribution in [0.15, 0.2) is 72.9 Å². The Morgan fingerprint density at radius 2 is 0.677 bits per heavy atom. The number of ether oxygens (including phenoxy) is 3. The van der Waals surface area contributed by atoms with Gasteiger partial charge in [0.2, 0.25) is 0 Å². The van der Waals surface area contributed by atoms with Crippen molar-refractivity contribution in [2.75, 3.05) is 13.2 Å². The fourth-order valence-corrected chi connectivity index (χ4v) is 7.07. The summed E-state index contributed by atoms with van der Waals surface area (Å²) in [5.74, 6) is -0.963. The highest BCUT2D eigenvalue weighted by atomic mass is 16.6. The predicted octanol–water partition coefficient (Wildman–Crippen LogP) is 17.0. The quantitative estimate of drug-likeness (QED) is 0.0262. The Morgan fingerprint density at radius 1 is 0.339 bits per heavy atom. The van der Waals surface area contributed by atoms with Crippen molar-refractivity contribution in [2.45, 2.75) is 252 Å². The summed E-state index contributed by atoms with van der Waals surface area (Å²) >= 11 is 0. The normalized spacial score (nSPS) is 12.6. The molecule has 0 saturated heterocycles. The zero-order valence-electron chi connectivity index (χ0n) is 40.6. The van der Waals surface area contributed by atoms with Crippen LogP contribution in [-0.4, -0.2) is 37.2 Å². The van der Waals surface area contributed by atoms with Crippen LogP contribution in [0.5, 0.6) is 0 Å². The van der Waals surface area contributed by atoms with Gasteiger partial charge in [-0.05, 0) is 77.0 Å². The summed E-state index contributed by atoms with van der Waals surface area (Å²) in [7, 11) is 0. The Kier molecular flexibility index (Phi) is 47.9. The van der Waals surface area contributed by atoms with E-state index in [1.165, 1.54) is 103 Å². The summed E-state index contributed by atoms with van der Waals surface area (Å²) in [5.41, 5.74) is 0. The van der Waals surface area contributed by atoms with Crippen LogP contribution in [0.25, 0.3) is 0 Å². The first-order valence-electron chi connectivity index (χ1n) is 25.9. The number of carbonyl (C=O) groups excluding carboxylic acids is 3. The molecule has 6 nitrogen and oxygen atoms in total. The van der Waals surface area contributed by atoms with Crippen molar-refractivity contribution in [1.82, 2.24) is 0 Å². The van der Waals surface area contributed by atoms with Gasteiger partial charge in [0.1, 0.15) is 13.2 Å². The molecule has 0 saturated carbocycles. The van der Waals surface area contributed by atoms with Crippen molar-refractivity contribution in [1.29, 1.82) is 0 Å². The van der Waals surface area contributed by atoms with Gasteiger partial charge in [-0.1, -0.05) is 222 Å². The molecule has 0 spiro atoms. The van der Waals surface area contributed by atoms with Gasteiger partial charge in [-0.3, -0.25) is 14.4 Å². The second kappa shape index (κ2) is 50.5. The number of unbranched alkanes of at least 4 members (excludes halogenated alkanes) is 23. The Hall–Kier alpha value is -3.15. The van der Waals surface area contributed by atoms with Crippen LogP contribution < -0.4 is 0 Å². The second-order valence-corrected chi connectivity index (χ2v) is 17.1. The summed E-state index contributed by atoms with van der Waals surface area (Å²) < 4.78 is 16.7. The molecular formula is C56H96O6. The van der Waals surface area contributed by atoms with Crippen molar-refractivity contribution in [3.05, 3.63) is 72.9 Å². The third-order valence-corrected chi connectivity index (χ3v) is 10.9. The molecule has 1 atom stereocenters. The van der Waals surface area contributed by atoms with Crippen molar-refractivity contribution in [3.63, 3.8) is 0 Å². The van der Waals surface area contributed by atoms with Crippen LogP contribution >= 0.6 is 0 Å². The highest BCUT2D eigenvalue weighted by Crippen LogP contribution is 2.15. The largest absolute Gasteiger partial charge is 0.462 e. The average molecular weight is 865 g/mol. The fraction of sp³-hybridized carbons (Fsp3) is 0.732. The fourth-order valence-electron chi connectivity index (χ4n) is 7.07. The molecule has 0 aromatic heterocycles. The molecule has 0 aliphatic heterocycles. The second-order valence-electron chi connectivity index (χ2n) is 17.1. The number of hydrogen-bond acceptors (Lipinski definition) is 6. The van der Waals surface area contributed by atoms with E-state index in [-0.39, 0.29) is 37.5 Å². The van der Waals surface area contributed by atoms with Crippen molar-refractivity contribution in [3.8, 4) is 0 Å². The van der Waals surface area contributed by atoms with Crippen LogP contribution in [0.4, 0.5) is 0 Å². The number of allylic oxidation sites excluding steroid dienone is 12. The molecule has 356 valence electrons. The maximum absolute atomic E-state index is 12.8. The third-order valence-electron chi connectivity index (χ3n) is 10.9. The maximum Gasteiger partial charge on any atom is 0.306 e. The summed E-state index contributed by atoms with van der Waals surface area (Å²) in [6.07, 6.45) is 63.3. The van der Waals surface area contributed by atoms with Gasteiger partial charge in [0.15, 0.2) is 6.10 Å². The van der Waals surface area contributed by atoms with Gasteiger partial charge in [0.05, 0.1) is 0 Å². The first-order valence-corrected chi connectivity index (χ1v) is 25.9. The first-order chi connectivity index (χ1) is 30.5. The van der Waals surface area contributed by atoms with Gasteiger partial charge in [-0.25, -0.2) is 0 Å². The Bertz CT molecular complexity index is 1180. The van der Waals surface area contributed by atoms with E-state index in [1.807, 2.05) is 0 Å². The molecule has 0 fully saturated rings. The molecule has 0 bridgehead atoms. The average Bonchev–Trinajstić information content (AvgIpc) is 3.27. The molecule has 0 aliphatic carbocycles. The van der Waals surface area contributed by atoms with E-state index in [9.17, 15) is 14.4 Å². The standard InChI is InChI=1S/C56H96O6/c1-4-7-10-13-16-19-22-24-26-28-30-32-34-37-40-43-46-49-55(58)61-52-53(51-60-54(57)48-45-42-39-36-21-18-15-12-9-6-3)62-56(59)50-47-44-41-38-35-33-31-29-27-25-23-20-17-14-11-8-5-2/h7,10,12,15-16,19,24,26,30,32,37,40,53H,4-6,8-9,11,13-14,17-18,20-23,25,27-29,31,33-36,38-39,41-52H2,1-3H3/b10-7-,15-12-,19-16-,26-24-,32-30-,40-37-. The lowest BCUT2D eigenvalue weighted by Gasteiger charge is -2.18. The van der Waals surface area contributed by atoms with E-state index in [1.54, 1.807) is 0 Å². The molecule has 0 aromatic carbocycles. The predicted molar refractivity (Wildman–Crippen MR) is 265 cm³/mol. The van der Waals surface area contributed by atoms with E-state index >= 15 is 0 Å². The van der Waals surface area contributed by atoms with E-state index in [2.05, 4.69) is 93.7 Å². The molecule has 0 aliphatic rings. The van der Waals surface area contributed by atoms with E-state index in [4.69, 9.17) is 14.2 Å². The van der Waals surface area contributed by atoms with E-state index < -0.39 is 6.10 Å². The Labute approximate surface area is 382 Å². The molecule has 0 rings (SSSR count). The van der Waals surface area contributed by atoms with Gasteiger partial charge in [-0.2, -0.15) is 0 Å². The van der Waals surface area contributed by atoms with Crippen LogP contribution in [0.1, 0.15) is 245 Å². The van der Waals surface area contributed by atoms with Gasteiger partial charge in [0.25, 0.3) is 0 Å².